The third kappa shape index (κ3) is 6.45. The molecule has 0 aliphatic rings. The van der Waals surface area contributed by atoms with Crippen molar-refractivity contribution in [1.82, 2.24) is 0 Å². The van der Waals surface area contributed by atoms with Gasteiger partial charge >= 0.3 is 0 Å². The molecule has 2 rings (SSSR count). The van der Waals surface area contributed by atoms with Crippen molar-refractivity contribution in [2.45, 2.75) is 33.1 Å². The minimum absolute atomic E-state index is 0.0698. The van der Waals surface area contributed by atoms with Crippen LogP contribution in [0, 0.1) is 6.92 Å². The van der Waals surface area contributed by atoms with Gasteiger partial charge in [-0.1, -0.05) is 36.2 Å². The zero-order valence-corrected chi connectivity index (χ0v) is 16.8. The number of hydrogen-bond acceptors (Lipinski definition) is 3. The van der Waals surface area contributed by atoms with Gasteiger partial charge in [0, 0.05) is 29.2 Å². The highest BCUT2D eigenvalue weighted by molar-refractivity contribution is 6.35. The van der Waals surface area contributed by atoms with Crippen molar-refractivity contribution in [3.63, 3.8) is 0 Å². The van der Waals surface area contributed by atoms with E-state index in [1.807, 2.05) is 13.0 Å². The molecule has 144 valence electrons. The molecule has 0 atom stereocenters. The van der Waals surface area contributed by atoms with Crippen LogP contribution in [0.5, 0.6) is 5.75 Å². The summed E-state index contributed by atoms with van der Waals surface area (Å²) in [7, 11) is 0. The number of halogens is 2. The van der Waals surface area contributed by atoms with E-state index in [9.17, 15) is 9.59 Å². The molecule has 0 heterocycles. The van der Waals surface area contributed by atoms with Gasteiger partial charge in [-0.3, -0.25) is 9.59 Å². The zero-order valence-electron chi connectivity index (χ0n) is 15.3. The molecule has 2 aromatic rings. The van der Waals surface area contributed by atoms with Crippen molar-refractivity contribution < 1.29 is 14.3 Å². The molecule has 2 N–H and O–H groups in total. The Morgan fingerprint density at radius 1 is 1.04 bits per heavy atom. The van der Waals surface area contributed by atoms with Crippen LogP contribution in [0.4, 0.5) is 11.4 Å². The number of ether oxygens (including phenoxy) is 1. The van der Waals surface area contributed by atoms with E-state index in [1.165, 1.54) is 0 Å². The third-order valence-electron chi connectivity index (χ3n) is 3.90. The molecule has 0 saturated carbocycles. The average molecular weight is 409 g/mol. The van der Waals surface area contributed by atoms with E-state index in [1.54, 1.807) is 37.3 Å². The minimum Gasteiger partial charge on any atom is -0.492 e. The maximum absolute atomic E-state index is 12.2. The molecule has 5 nitrogen and oxygen atoms in total. The van der Waals surface area contributed by atoms with Gasteiger partial charge in [0.15, 0.2) is 0 Å². The number of amides is 2. The number of benzene rings is 2. The zero-order chi connectivity index (χ0) is 19.8. The topological polar surface area (TPSA) is 67.4 Å². The van der Waals surface area contributed by atoms with Crippen molar-refractivity contribution in [1.29, 1.82) is 0 Å². The first-order valence-corrected chi connectivity index (χ1v) is 9.43. The van der Waals surface area contributed by atoms with E-state index in [0.29, 0.717) is 53.0 Å². The van der Waals surface area contributed by atoms with Crippen molar-refractivity contribution in [2.75, 3.05) is 17.2 Å². The summed E-state index contributed by atoms with van der Waals surface area (Å²) >= 11 is 11.9. The fraction of sp³-hybridized carbons (Fsp3) is 0.300. The fourth-order valence-corrected chi connectivity index (χ4v) is 2.83. The highest BCUT2D eigenvalue weighted by Crippen LogP contribution is 2.27. The molecule has 2 aromatic carbocycles. The highest BCUT2D eigenvalue weighted by Gasteiger charge is 2.10. The van der Waals surface area contributed by atoms with E-state index in [2.05, 4.69) is 10.6 Å². The largest absolute Gasteiger partial charge is 0.492 e. The summed E-state index contributed by atoms with van der Waals surface area (Å²) in [4.78, 5) is 23.8. The molecule has 0 bridgehead atoms. The monoisotopic (exact) mass is 408 g/mol. The predicted octanol–water partition coefficient (Wildman–Crippen LogP) is 5.45. The van der Waals surface area contributed by atoms with Gasteiger partial charge in [0.1, 0.15) is 5.75 Å². The van der Waals surface area contributed by atoms with Crippen LogP contribution in [0.2, 0.25) is 10.0 Å². The average Bonchev–Trinajstić information content (AvgIpc) is 2.63. The summed E-state index contributed by atoms with van der Waals surface area (Å²) in [5, 5.41) is 6.67. The molecular weight excluding hydrogens is 387 g/mol. The molecule has 0 saturated heterocycles. The Bertz CT molecular complexity index is 825. The van der Waals surface area contributed by atoms with Crippen LogP contribution in [-0.4, -0.2) is 18.4 Å². The van der Waals surface area contributed by atoms with Gasteiger partial charge in [0.25, 0.3) is 0 Å². The number of anilines is 2. The van der Waals surface area contributed by atoms with Gasteiger partial charge in [0.2, 0.25) is 11.8 Å². The van der Waals surface area contributed by atoms with E-state index in [-0.39, 0.29) is 11.8 Å². The Kier molecular flexibility index (Phi) is 7.95. The van der Waals surface area contributed by atoms with Gasteiger partial charge < -0.3 is 15.4 Å². The quantitative estimate of drug-likeness (QED) is 0.570. The summed E-state index contributed by atoms with van der Waals surface area (Å²) in [6.45, 7) is 4.00. The van der Waals surface area contributed by atoms with Gasteiger partial charge in [-0.2, -0.15) is 0 Å². The first-order valence-electron chi connectivity index (χ1n) is 8.68. The smallest absolute Gasteiger partial charge is 0.224 e. The summed E-state index contributed by atoms with van der Waals surface area (Å²) in [6.07, 6.45) is 1.24. The highest BCUT2D eigenvalue weighted by atomic mass is 35.5. The Morgan fingerprint density at radius 2 is 1.70 bits per heavy atom. The van der Waals surface area contributed by atoms with Crippen LogP contribution in [0.3, 0.4) is 0 Å². The van der Waals surface area contributed by atoms with Crippen LogP contribution in [-0.2, 0) is 9.59 Å². The van der Waals surface area contributed by atoms with Crippen molar-refractivity contribution in [3.8, 4) is 5.75 Å². The normalized spacial score (nSPS) is 10.4. The number of carbonyl (C=O) groups is 2. The summed E-state index contributed by atoms with van der Waals surface area (Å²) in [5.74, 6) is 0.346. The van der Waals surface area contributed by atoms with Crippen LogP contribution in [0.1, 0.15) is 31.7 Å². The van der Waals surface area contributed by atoms with E-state index >= 15 is 0 Å². The Hall–Kier alpha value is -2.24. The van der Waals surface area contributed by atoms with Gasteiger partial charge in [0.05, 0.1) is 11.6 Å². The first-order chi connectivity index (χ1) is 12.9. The van der Waals surface area contributed by atoms with Crippen LogP contribution in [0.25, 0.3) is 0 Å². The lowest BCUT2D eigenvalue weighted by Gasteiger charge is -2.13. The van der Waals surface area contributed by atoms with Gasteiger partial charge in [-0.15, -0.1) is 0 Å². The fourth-order valence-electron chi connectivity index (χ4n) is 2.36. The lowest BCUT2D eigenvalue weighted by Crippen LogP contribution is -2.15. The molecule has 2 amide bonds. The van der Waals surface area contributed by atoms with Crippen molar-refractivity contribution in [2.24, 2.45) is 0 Å². The molecule has 0 aromatic heterocycles. The van der Waals surface area contributed by atoms with Crippen LogP contribution < -0.4 is 15.4 Å². The Balaban J connectivity index is 1.83. The standard InChI is InChI=1S/C20H22Cl2N2O3/c1-3-19(25)23-16-6-4-7-17(13(16)2)24-20(26)8-5-11-27-18-10-9-14(21)12-15(18)22/h4,6-7,9-10,12H,3,5,8,11H2,1-2H3,(H,23,25)(H,24,26). The number of hydrogen-bond donors (Lipinski definition) is 2. The molecule has 0 unspecified atom stereocenters. The number of nitrogens with one attached hydrogen (secondary N) is 2. The second kappa shape index (κ2) is 10.2. The second-order valence-corrected chi connectivity index (χ2v) is 6.80. The lowest BCUT2D eigenvalue weighted by atomic mass is 10.1. The molecule has 0 fully saturated rings. The lowest BCUT2D eigenvalue weighted by molar-refractivity contribution is -0.117. The van der Waals surface area contributed by atoms with Gasteiger partial charge in [-0.05, 0) is 49.2 Å². The van der Waals surface area contributed by atoms with Crippen molar-refractivity contribution in [3.05, 3.63) is 52.0 Å². The van der Waals surface area contributed by atoms with Crippen LogP contribution in [0.15, 0.2) is 36.4 Å². The predicted molar refractivity (Wildman–Crippen MR) is 110 cm³/mol. The van der Waals surface area contributed by atoms with E-state index < -0.39 is 0 Å². The SMILES string of the molecule is CCC(=O)Nc1cccc(NC(=O)CCCOc2ccc(Cl)cc2Cl)c1C. The Morgan fingerprint density at radius 3 is 2.33 bits per heavy atom. The van der Waals surface area contributed by atoms with Crippen LogP contribution >= 0.6 is 23.2 Å². The summed E-state index contributed by atoms with van der Waals surface area (Å²) in [5.41, 5.74) is 2.19. The number of rotatable bonds is 8. The maximum atomic E-state index is 12.2. The van der Waals surface area contributed by atoms with Gasteiger partial charge in [-0.25, -0.2) is 0 Å². The summed E-state index contributed by atoms with van der Waals surface area (Å²) < 4.78 is 5.57. The first kappa shape index (κ1) is 21.1. The van der Waals surface area contributed by atoms with E-state index in [0.717, 1.165) is 5.56 Å². The minimum atomic E-state index is -0.122. The maximum Gasteiger partial charge on any atom is 0.224 e. The number of carbonyl (C=O) groups excluding carboxylic acids is 2. The second-order valence-electron chi connectivity index (χ2n) is 5.95. The third-order valence-corrected chi connectivity index (χ3v) is 4.43. The molecule has 0 aliphatic carbocycles. The summed E-state index contributed by atoms with van der Waals surface area (Å²) in [6, 6.07) is 10.4. The molecule has 0 aliphatic heterocycles. The molecule has 0 radical (unpaired) electrons. The molecular formula is C20H22Cl2N2O3. The molecule has 0 spiro atoms. The Labute approximate surface area is 169 Å². The molecule has 7 heteroatoms. The van der Waals surface area contributed by atoms with E-state index in [4.69, 9.17) is 27.9 Å². The van der Waals surface area contributed by atoms with Crippen molar-refractivity contribution >= 4 is 46.4 Å². The molecule has 27 heavy (non-hydrogen) atoms.